The minimum Gasteiger partial charge on any atom is -0.494 e. The Balaban J connectivity index is 1.50. The van der Waals surface area contributed by atoms with Gasteiger partial charge in [-0.15, -0.1) is 14.3 Å². The van der Waals surface area contributed by atoms with Crippen LogP contribution in [0.2, 0.25) is 0 Å². The van der Waals surface area contributed by atoms with E-state index in [1.165, 1.54) is 33.1 Å². The summed E-state index contributed by atoms with van der Waals surface area (Å²) in [4.78, 5) is 17.6. The lowest BCUT2D eigenvalue weighted by atomic mass is 9.93. The first-order chi connectivity index (χ1) is 19.8. The van der Waals surface area contributed by atoms with E-state index in [1.54, 1.807) is 18.2 Å². The molecule has 0 saturated heterocycles. The molecule has 2 atom stereocenters. The molecule has 1 aliphatic carbocycles. The molecule has 5 rings (SSSR count). The van der Waals surface area contributed by atoms with E-state index in [1.807, 2.05) is 40.8 Å². The summed E-state index contributed by atoms with van der Waals surface area (Å²) in [5, 5.41) is 23.3. The van der Waals surface area contributed by atoms with Gasteiger partial charge in [-0.1, -0.05) is 24.3 Å². The molecule has 1 amide bonds. The van der Waals surface area contributed by atoms with Gasteiger partial charge in [0.2, 0.25) is 0 Å². The van der Waals surface area contributed by atoms with Crippen LogP contribution in [0.5, 0.6) is 5.75 Å². The number of nitrogens with one attached hydrogen (secondary N) is 1. The van der Waals surface area contributed by atoms with Crippen LogP contribution < -0.4 is 15.4 Å². The minimum absolute atomic E-state index is 0.140. The number of aliphatic hydroxyl groups is 1. The molecule has 12 heteroatoms. The molecular weight excluding hydrogens is 679 g/mol. The van der Waals surface area contributed by atoms with Crippen molar-refractivity contribution in [3.05, 3.63) is 74.6 Å². The summed E-state index contributed by atoms with van der Waals surface area (Å²) < 4.78 is 49.5. The molecule has 0 aliphatic heterocycles. The van der Waals surface area contributed by atoms with Crippen LogP contribution in [-0.4, -0.2) is 46.0 Å². The number of amides is 1. The average molecular weight is 708 g/mol. The lowest BCUT2D eigenvalue weighted by Gasteiger charge is -2.26. The summed E-state index contributed by atoms with van der Waals surface area (Å²) in [7, 11) is 3.99. The van der Waals surface area contributed by atoms with Crippen molar-refractivity contribution in [3.63, 3.8) is 0 Å². The number of fused-ring (bicyclic) bond motifs is 1. The Kier molecular flexibility index (Phi) is 8.48. The number of carbonyl (C=O) groups excluding carboxylic acids is 1. The van der Waals surface area contributed by atoms with Crippen LogP contribution >= 0.6 is 31.8 Å². The molecule has 1 aliphatic rings. The number of ether oxygens (including phenoxy) is 1. The molecule has 2 aromatic heterocycles. The highest BCUT2D eigenvalue weighted by Gasteiger charge is 2.43. The maximum Gasteiger partial charge on any atom is 0.398 e. The molecule has 0 radical (unpaired) electrons. The molecule has 0 bridgehead atoms. The van der Waals surface area contributed by atoms with Gasteiger partial charge < -0.3 is 15.2 Å². The molecule has 2 N–H and O–H groups in total. The molecule has 2 aromatic carbocycles. The van der Waals surface area contributed by atoms with E-state index in [0.29, 0.717) is 43.0 Å². The van der Waals surface area contributed by atoms with Gasteiger partial charge in [0.15, 0.2) is 0 Å². The fourth-order valence-electron chi connectivity index (χ4n) is 4.70. The van der Waals surface area contributed by atoms with Crippen molar-refractivity contribution in [2.24, 2.45) is 0 Å². The molecule has 42 heavy (non-hydrogen) atoms. The highest BCUT2D eigenvalue weighted by molar-refractivity contribution is 14.1. The van der Waals surface area contributed by atoms with Crippen LogP contribution in [0.4, 0.5) is 13.2 Å². The first-order valence-electron chi connectivity index (χ1n) is 13.3. The maximum atomic E-state index is 14.5. The number of hydrogen-bond acceptors (Lipinski definition) is 6. The van der Waals surface area contributed by atoms with Gasteiger partial charge in [-0.25, -0.2) is 0 Å². The second kappa shape index (κ2) is 11.7. The Morgan fingerprint density at radius 2 is 1.83 bits per heavy atom. The molecule has 0 spiro atoms. The van der Waals surface area contributed by atoms with Crippen molar-refractivity contribution in [1.82, 2.24) is 20.5 Å². The van der Waals surface area contributed by atoms with Crippen LogP contribution in [-0.2, 0) is 5.60 Å². The van der Waals surface area contributed by atoms with Crippen molar-refractivity contribution in [2.45, 2.75) is 50.3 Å². The molecule has 4 aromatic rings. The number of rotatable bonds is 8. The highest BCUT2D eigenvalue weighted by atomic mass is 127. The third-order valence-electron chi connectivity index (χ3n) is 7.19. The normalized spacial score (nSPS) is 14.6. The number of hydrogen-bond donors (Lipinski definition) is 2. The van der Waals surface area contributed by atoms with Crippen molar-refractivity contribution < 1.29 is 27.8 Å². The van der Waals surface area contributed by atoms with Crippen LogP contribution in [0.25, 0.3) is 22.2 Å². The second-order valence-corrected chi connectivity index (χ2v) is 12.6. The summed E-state index contributed by atoms with van der Waals surface area (Å²) in [6.45, 7) is 2.27. The first-order valence-corrected chi connectivity index (χ1v) is 14.9. The monoisotopic (exact) mass is 708 g/mol. The third kappa shape index (κ3) is 6.53. The number of nitrogens with zero attached hydrogens (tertiary/aromatic N) is 3. The quantitative estimate of drug-likeness (QED) is 0.173. The summed E-state index contributed by atoms with van der Waals surface area (Å²) in [5.41, 5.74) is 0.928. The molecule has 1 fully saturated rings. The van der Waals surface area contributed by atoms with Crippen LogP contribution in [0.3, 0.4) is 0 Å². The molecule has 7 nitrogen and oxygen atoms in total. The number of carbonyl (C=O) groups is 1. The topological polar surface area (TPSA) is 97.2 Å². The largest absolute Gasteiger partial charge is 0.494 e. The van der Waals surface area contributed by atoms with Gasteiger partial charge in [0.1, 0.15) is 17.2 Å². The Morgan fingerprint density at radius 3 is 2.43 bits per heavy atom. The van der Waals surface area contributed by atoms with Gasteiger partial charge in [0, 0.05) is 38.1 Å². The Morgan fingerprint density at radius 1 is 1.14 bits per heavy atom. The lowest BCUT2D eigenvalue weighted by molar-refractivity contribution is -0.149. The number of halogens is 4. The maximum absolute atomic E-state index is 14.5. The number of pyridine rings is 1. The third-order valence-corrected chi connectivity index (χ3v) is 8.67. The van der Waals surface area contributed by atoms with Crippen LogP contribution in [0, 0.1) is 3.57 Å². The van der Waals surface area contributed by atoms with Gasteiger partial charge in [0.05, 0.1) is 29.8 Å². The average Bonchev–Trinajstić information content (AvgIpc) is 3.77. The van der Waals surface area contributed by atoms with Gasteiger partial charge in [-0.3, -0.25) is 9.78 Å². The van der Waals surface area contributed by atoms with E-state index in [2.05, 4.69) is 29.7 Å². The SMILES string of the molecule is COc1cc(C(=O)NC[C@H](c2cc(C(C)(C)O)c(I)c(-c3ccc(P)cc3)n2)C(F)(F)F)cc2cc(C3CC3)nnc12. The zero-order chi connectivity index (χ0) is 30.4. The fraction of sp³-hybridized carbons (Fsp3) is 0.333. The highest BCUT2D eigenvalue weighted by Crippen LogP contribution is 2.41. The number of methoxy groups -OCH3 is 1. The Bertz CT molecular complexity index is 1660. The molecule has 1 saturated carbocycles. The van der Waals surface area contributed by atoms with Crippen LogP contribution in [0.1, 0.15) is 65.8 Å². The van der Waals surface area contributed by atoms with Crippen molar-refractivity contribution in [2.75, 3.05) is 13.7 Å². The van der Waals surface area contributed by atoms with E-state index in [4.69, 9.17) is 4.74 Å². The minimum atomic E-state index is -4.74. The summed E-state index contributed by atoms with van der Waals surface area (Å²) in [5.74, 6) is -2.19. The Labute approximate surface area is 257 Å². The van der Waals surface area contributed by atoms with Gasteiger partial charge in [-0.2, -0.15) is 18.3 Å². The molecular formula is C30H29F3IN4O3P. The first kappa shape index (κ1) is 30.6. The Hall–Kier alpha value is -2.89. The zero-order valence-electron chi connectivity index (χ0n) is 23.1. The van der Waals surface area contributed by atoms with E-state index >= 15 is 0 Å². The molecule has 220 valence electrons. The van der Waals surface area contributed by atoms with E-state index in [-0.39, 0.29) is 11.3 Å². The number of aromatic nitrogens is 3. The van der Waals surface area contributed by atoms with Crippen LogP contribution in [0.15, 0.2) is 48.5 Å². The molecule has 1 unspecified atom stereocenters. The van der Waals surface area contributed by atoms with Gasteiger partial charge in [0.25, 0.3) is 5.91 Å². The summed E-state index contributed by atoms with van der Waals surface area (Å²) in [6, 6.07) is 13.3. The van der Waals surface area contributed by atoms with E-state index < -0.39 is 30.1 Å². The fourth-order valence-corrected chi connectivity index (χ4v) is 6.14. The van der Waals surface area contributed by atoms with E-state index in [0.717, 1.165) is 23.8 Å². The van der Waals surface area contributed by atoms with Crippen molar-refractivity contribution in [1.29, 1.82) is 0 Å². The zero-order valence-corrected chi connectivity index (χ0v) is 26.4. The predicted octanol–water partition coefficient (Wildman–Crippen LogP) is 5.99. The number of alkyl halides is 3. The smallest absolute Gasteiger partial charge is 0.398 e. The van der Waals surface area contributed by atoms with Crippen molar-refractivity contribution >= 4 is 53.9 Å². The summed E-state index contributed by atoms with van der Waals surface area (Å²) >= 11 is 2.00. The number of benzene rings is 2. The standard InChI is InChI=1S/C30H29F3IN4O3P/c1-29(2,40)20-13-23(36-27(25(20)34)16-6-8-19(42)9-7-16)21(30(31,32)33)14-35-28(39)18-10-17-11-22(15-4-5-15)37-38-26(17)24(12-18)41-3/h6-13,15,21,40H,4-5,14,42H2,1-3H3,(H,35,39)/t21-/m1/s1. The lowest BCUT2D eigenvalue weighted by Crippen LogP contribution is -2.36. The summed E-state index contributed by atoms with van der Waals surface area (Å²) in [6.07, 6.45) is -2.70. The van der Waals surface area contributed by atoms with E-state index in [9.17, 15) is 23.1 Å². The molecule has 2 heterocycles. The predicted molar refractivity (Wildman–Crippen MR) is 166 cm³/mol. The van der Waals surface area contributed by atoms with Gasteiger partial charge >= 0.3 is 6.18 Å². The van der Waals surface area contributed by atoms with Gasteiger partial charge in [-0.05, 0) is 78.8 Å². The van der Waals surface area contributed by atoms with Crippen molar-refractivity contribution in [3.8, 4) is 17.0 Å². The second-order valence-electron chi connectivity index (χ2n) is 10.9.